The summed E-state index contributed by atoms with van der Waals surface area (Å²) in [7, 11) is 0. The van der Waals surface area contributed by atoms with Gasteiger partial charge >= 0.3 is 0 Å². The number of ether oxygens (including phenoxy) is 3. The summed E-state index contributed by atoms with van der Waals surface area (Å²) in [6, 6.07) is 13.2. The number of hydrogen-bond donors (Lipinski definition) is 1. The van der Waals surface area contributed by atoms with E-state index in [2.05, 4.69) is 17.0 Å². The third-order valence-corrected chi connectivity index (χ3v) is 6.14. The molecule has 2 aromatic carbocycles. The van der Waals surface area contributed by atoms with Crippen LogP contribution in [-0.2, 0) is 4.79 Å². The van der Waals surface area contributed by atoms with Crippen molar-refractivity contribution >= 4 is 39.8 Å². The van der Waals surface area contributed by atoms with Crippen molar-refractivity contribution in [1.82, 2.24) is 5.01 Å². The van der Waals surface area contributed by atoms with Gasteiger partial charge in [-0.15, -0.1) is 0 Å². The fraction of sp³-hybridized carbons (Fsp3) is 0.308. The van der Waals surface area contributed by atoms with Crippen molar-refractivity contribution in [3.8, 4) is 17.2 Å². The van der Waals surface area contributed by atoms with Crippen LogP contribution in [0.25, 0.3) is 6.08 Å². The molecular weight excluding hydrogens is 464 g/mol. The summed E-state index contributed by atoms with van der Waals surface area (Å²) in [5, 5.41) is 15.7. The number of aliphatic imine (C=N–C) groups is 1. The molecule has 0 saturated heterocycles. The molecule has 35 heavy (non-hydrogen) atoms. The van der Waals surface area contributed by atoms with Gasteiger partial charge in [-0.1, -0.05) is 30.7 Å². The number of hydrazone groups is 1. The fourth-order valence-corrected chi connectivity index (χ4v) is 4.45. The summed E-state index contributed by atoms with van der Waals surface area (Å²) in [5.74, 6) is 1.49. The number of amides is 1. The number of hydrogen-bond acceptors (Lipinski definition) is 7. The molecule has 9 heteroatoms. The zero-order valence-electron chi connectivity index (χ0n) is 20.0. The Hall–Kier alpha value is -3.59. The normalized spacial score (nSPS) is 16.2. The quantitative estimate of drug-likeness (QED) is 0.358. The number of fused-ring (bicyclic) bond motifs is 1. The molecule has 4 rings (SSSR count). The van der Waals surface area contributed by atoms with Crippen LogP contribution < -0.4 is 14.2 Å². The molecule has 2 aromatic rings. The average Bonchev–Trinajstić information content (AvgIpc) is 3.24. The lowest BCUT2D eigenvalue weighted by molar-refractivity contribution is -0.114. The molecule has 0 aliphatic carbocycles. The van der Waals surface area contributed by atoms with Crippen molar-refractivity contribution in [2.75, 3.05) is 19.8 Å². The second kappa shape index (κ2) is 11.2. The molecule has 0 fully saturated rings. The van der Waals surface area contributed by atoms with E-state index in [4.69, 9.17) is 19.6 Å². The monoisotopic (exact) mass is 492 g/mol. The lowest BCUT2D eigenvalue weighted by Crippen LogP contribution is -2.35. The number of amidine groups is 2. The van der Waals surface area contributed by atoms with Crippen LogP contribution in [0.2, 0.25) is 0 Å². The smallest absolute Gasteiger partial charge is 0.283 e. The van der Waals surface area contributed by atoms with Crippen molar-refractivity contribution in [2.45, 2.75) is 33.6 Å². The molecule has 0 aromatic heterocycles. The molecule has 1 N–H and O–H groups in total. The number of carbonyl (C=O) groups excluding carboxylic acids is 1. The molecule has 0 unspecified atom stereocenters. The van der Waals surface area contributed by atoms with E-state index in [9.17, 15) is 4.79 Å². The van der Waals surface area contributed by atoms with Crippen molar-refractivity contribution in [3.63, 3.8) is 0 Å². The molecule has 2 aliphatic heterocycles. The molecule has 0 spiro atoms. The largest absolute Gasteiger partial charge is 0.490 e. The first-order valence-electron chi connectivity index (χ1n) is 11.6. The van der Waals surface area contributed by atoms with Gasteiger partial charge in [0.25, 0.3) is 5.91 Å². The van der Waals surface area contributed by atoms with E-state index in [0.29, 0.717) is 42.1 Å². The number of carbonyl (C=O) groups is 1. The van der Waals surface area contributed by atoms with E-state index in [0.717, 1.165) is 23.6 Å². The highest BCUT2D eigenvalue weighted by atomic mass is 32.2. The Kier molecular flexibility index (Phi) is 7.87. The van der Waals surface area contributed by atoms with Crippen LogP contribution in [0.3, 0.4) is 0 Å². The SMILES string of the molecule is CCCC1=NN2C(=N)/C(=C\c3ccc(OCCOc4ccc(C)cc4)c(OCC)c3)C(=O)N=C2S1. The van der Waals surface area contributed by atoms with E-state index in [1.165, 1.54) is 22.3 Å². The molecule has 182 valence electrons. The number of thioether (sulfide) groups is 1. The maximum atomic E-state index is 12.6. The Morgan fingerprint density at radius 1 is 1.03 bits per heavy atom. The van der Waals surface area contributed by atoms with Gasteiger partial charge in [-0.05, 0) is 74.4 Å². The summed E-state index contributed by atoms with van der Waals surface area (Å²) >= 11 is 1.34. The minimum absolute atomic E-state index is 0.0187. The first-order valence-corrected chi connectivity index (χ1v) is 12.4. The highest BCUT2D eigenvalue weighted by Gasteiger charge is 2.35. The van der Waals surface area contributed by atoms with E-state index in [1.54, 1.807) is 18.2 Å². The summed E-state index contributed by atoms with van der Waals surface area (Å²) in [5.41, 5.74) is 2.06. The first kappa shape index (κ1) is 24.5. The van der Waals surface area contributed by atoms with Crippen molar-refractivity contribution in [2.24, 2.45) is 10.1 Å². The summed E-state index contributed by atoms with van der Waals surface area (Å²) < 4.78 is 17.4. The molecule has 0 bridgehead atoms. The van der Waals surface area contributed by atoms with E-state index < -0.39 is 5.91 Å². The average molecular weight is 493 g/mol. The summed E-state index contributed by atoms with van der Waals surface area (Å²) in [6.45, 7) is 7.18. The summed E-state index contributed by atoms with van der Waals surface area (Å²) in [6.07, 6.45) is 3.36. The van der Waals surface area contributed by atoms with Crippen LogP contribution in [0.15, 0.2) is 58.1 Å². The second-order valence-corrected chi connectivity index (χ2v) is 8.95. The zero-order chi connectivity index (χ0) is 24.8. The molecular formula is C26H28N4O4S. The third-order valence-electron chi connectivity index (χ3n) is 5.17. The predicted octanol–water partition coefficient (Wildman–Crippen LogP) is 5.27. The minimum Gasteiger partial charge on any atom is -0.490 e. The Morgan fingerprint density at radius 2 is 1.80 bits per heavy atom. The van der Waals surface area contributed by atoms with Gasteiger partial charge in [-0.3, -0.25) is 10.2 Å². The molecule has 1 amide bonds. The highest BCUT2D eigenvalue weighted by Crippen LogP contribution is 2.32. The Labute approximate surface area is 209 Å². The van der Waals surface area contributed by atoms with Gasteiger partial charge in [-0.2, -0.15) is 15.1 Å². The molecule has 0 atom stereocenters. The number of nitrogens with zero attached hydrogens (tertiary/aromatic N) is 3. The van der Waals surface area contributed by atoms with Crippen molar-refractivity contribution in [3.05, 3.63) is 59.2 Å². The lowest BCUT2D eigenvalue weighted by atomic mass is 10.1. The topological polar surface area (TPSA) is 96.6 Å². The number of rotatable bonds is 10. The molecule has 2 heterocycles. The van der Waals surface area contributed by atoms with Crippen LogP contribution in [0.5, 0.6) is 17.2 Å². The Bertz CT molecular complexity index is 1200. The maximum absolute atomic E-state index is 12.6. The minimum atomic E-state index is -0.451. The number of benzene rings is 2. The Balaban J connectivity index is 1.45. The van der Waals surface area contributed by atoms with Gasteiger partial charge in [-0.25, -0.2) is 0 Å². The maximum Gasteiger partial charge on any atom is 0.283 e. The van der Waals surface area contributed by atoms with Crippen molar-refractivity contribution in [1.29, 1.82) is 5.41 Å². The van der Waals surface area contributed by atoms with E-state index in [-0.39, 0.29) is 11.4 Å². The van der Waals surface area contributed by atoms with Crippen LogP contribution in [0.4, 0.5) is 0 Å². The molecule has 0 saturated carbocycles. The van der Waals surface area contributed by atoms with E-state index in [1.807, 2.05) is 44.2 Å². The van der Waals surface area contributed by atoms with Crippen LogP contribution >= 0.6 is 11.8 Å². The molecule has 2 aliphatic rings. The van der Waals surface area contributed by atoms with E-state index >= 15 is 0 Å². The second-order valence-electron chi connectivity index (χ2n) is 7.91. The fourth-order valence-electron chi connectivity index (χ4n) is 3.46. The zero-order valence-corrected chi connectivity index (χ0v) is 20.9. The Morgan fingerprint density at radius 3 is 2.54 bits per heavy atom. The van der Waals surface area contributed by atoms with Crippen LogP contribution in [0.1, 0.15) is 37.8 Å². The standard InChI is InChI=1S/C26H28N4O4S/c1-4-6-23-29-30-24(27)20(25(31)28-26(30)35-23)15-18-9-12-21(22(16-18)32-5-2)34-14-13-33-19-10-7-17(3)8-11-19/h7-12,15-16,27H,4-6,13-14H2,1-3H3/b20-15+,27-24?. The predicted molar refractivity (Wildman–Crippen MR) is 140 cm³/mol. The number of aryl methyl sites for hydroxylation is 1. The highest BCUT2D eigenvalue weighted by molar-refractivity contribution is 8.26. The van der Waals surface area contributed by atoms with Gasteiger partial charge < -0.3 is 14.2 Å². The van der Waals surface area contributed by atoms with Gasteiger partial charge in [0.1, 0.15) is 24.0 Å². The van der Waals surface area contributed by atoms with Crippen LogP contribution in [0, 0.1) is 12.3 Å². The van der Waals surface area contributed by atoms with Crippen LogP contribution in [-0.4, -0.2) is 46.8 Å². The molecule has 0 radical (unpaired) electrons. The third kappa shape index (κ3) is 5.92. The van der Waals surface area contributed by atoms with Gasteiger partial charge in [0.05, 0.1) is 12.2 Å². The van der Waals surface area contributed by atoms with Crippen molar-refractivity contribution < 1.29 is 19.0 Å². The number of nitrogens with one attached hydrogen (secondary N) is 1. The van der Waals surface area contributed by atoms with Gasteiger partial charge in [0, 0.05) is 0 Å². The first-order chi connectivity index (χ1) is 17.0. The van der Waals surface area contributed by atoms with Gasteiger partial charge in [0.2, 0.25) is 5.17 Å². The summed E-state index contributed by atoms with van der Waals surface area (Å²) in [4.78, 5) is 16.8. The lowest BCUT2D eigenvalue weighted by Gasteiger charge is -2.20. The van der Waals surface area contributed by atoms with Gasteiger partial charge in [0.15, 0.2) is 17.3 Å². The molecule has 8 nitrogen and oxygen atoms in total.